The summed E-state index contributed by atoms with van der Waals surface area (Å²) in [5, 5.41) is 20.4. The first-order chi connectivity index (χ1) is 12.0. The molecule has 8 heteroatoms. The molecule has 1 heterocycles. The molecular weight excluding hydrogens is 360 g/mol. The number of thioether (sulfide) groups is 1. The number of para-hydroxylation sites is 1. The lowest BCUT2D eigenvalue weighted by molar-refractivity contribution is -0.384. The summed E-state index contributed by atoms with van der Waals surface area (Å²) in [6, 6.07) is 13.8. The number of nitro groups is 1. The van der Waals surface area contributed by atoms with E-state index < -0.39 is 10.9 Å². The lowest BCUT2D eigenvalue weighted by atomic mass is 10.2. The number of aliphatic carboxylic acids is 1. The molecule has 0 unspecified atom stereocenters. The summed E-state index contributed by atoms with van der Waals surface area (Å²) in [6.07, 6.45) is 1.80. The number of non-ortho nitro benzene ring substituents is 1. The van der Waals surface area contributed by atoms with Crippen molar-refractivity contribution in [2.45, 2.75) is 0 Å². The number of hydrogen-bond acceptors (Lipinski definition) is 6. The Morgan fingerprint density at radius 2 is 1.96 bits per heavy atom. The van der Waals surface area contributed by atoms with Crippen molar-refractivity contribution in [2.75, 3.05) is 5.75 Å². The highest BCUT2D eigenvalue weighted by molar-refractivity contribution is 8.09. The molecule has 3 aromatic rings. The molecule has 0 fully saturated rings. The zero-order valence-corrected chi connectivity index (χ0v) is 14.4. The number of thiazole rings is 1. The van der Waals surface area contributed by atoms with Gasteiger partial charge in [0, 0.05) is 17.0 Å². The fraction of sp³-hybridized carbons (Fsp3) is 0.0588. The molecule has 0 aliphatic carbocycles. The Morgan fingerprint density at radius 1 is 1.24 bits per heavy atom. The van der Waals surface area contributed by atoms with Crippen LogP contribution >= 0.6 is 23.1 Å². The van der Waals surface area contributed by atoms with Gasteiger partial charge in [0.1, 0.15) is 5.01 Å². The topological polar surface area (TPSA) is 93.3 Å². The van der Waals surface area contributed by atoms with E-state index in [4.69, 9.17) is 5.11 Å². The van der Waals surface area contributed by atoms with Crippen LogP contribution in [0.2, 0.25) is 0 Å². The van der Waals surface area contributed by atoms with Gasteiger partial charge in [-0.05, 0) is 35.9 Å². The van der Waals surface area contributed by atoms with Crippen molar-refractivity contribution in [1.82, 2.24) is 4.98 Å². The van der Waals surface area contributed by atoms with Crippen LogP contribution in [0, 0.1) is 10.1 Å². The average Bonchev–Trinajstić information content (AvgIpc) is 3.02. The van der Waals surface area contributed by atoms with Crippen LogP contribution in [0.15, 0.2) is 48.5 Å². The summed E-state index contributed by atoms with van der Waals surface area (Å²) in [7, 11) is 0. The molecule has 1 aromatic heterocycles. The first kappa shape index (κ1) is 17.1. The maximum Gasteiger partial charge on any atom is 0.313 e. The van der Waals surface area contributed by atoms with Gasteiger partial charge >= 0.3 is 5.97 Å². The van der Waals surface area contributed by atoms with Crippen LogP contribution in [-0.2, 0) is 4.79 Å². The van der Waals surface area contributed by atoms with Crippen LogP contribution in [0.1, 0.15) is 10.6 Å². The summed E-state index contributed by atoms with van der Waals surface area (Å²) < 4.78 is 1.02. The van der Waals surface area contributed by atoms with Gasteiger partial charge in [0.15, 0.2) is 0 Å². The van der Waals surface area contributed by atoms with Crippen LogP contribution in [-0.4, -0.2) is 26.7 Å². The van der Waals surface area contributed by atoms with Gasteiger partial charge in [0.05, 0.1) is 20.9 Å². The van der Waals surface area contributed by atoms with E-state index in [0.717, 1.165) is 25.7 Å². The molecular formula is C17H12N2O4S2. The van der Waals surface area contributed by atoms with Crippen LogP contribution in [0.4, 0.5) is 5.69 Å². The monoisotopic (exact) mass is 372 g/mol. The first-order valence-electron chi connectivity index (χ1n) is 7.19. The average molecular weight is 372 g/mol. The third kappa shape index (κ3) is 4.23. The van der Waals surface area contributed by atoms with Crippen molar-refractivity contribution in [3.05, 3.63) is 69.2 Å². The molecule has 6 nitrogen and oxygen atoms in total. The smallest absolute Gasteiger partial charge is 0.313 e. The van der Waals surface area contributed by atoms with Crippen molar-refractivity contribution in [3.63, 3.8) is 0 Å². The highest BCUT2D eigenvalue weighted by Gasteiger charge is 2.12. The predicted octanol–water partition coefficient (Wildman–Crippen LogP) is 4.52. The largest absolute Gasteiger partial charge is 0.481 e. The Labute approximate surface area is 151 Å². The van der Waals surface area contributed by atoms with Gasteiger partial charge in [-0.2, -0.15) is 0 Å². The number of carbonyl (C=O) groups is 1. The minimum atomic E-state index is -0.916. The van der Waals surface area contributed by atoms with E-state index in [1.54, 1.807) is 18.2 Å². The molecule has 0 spiro atoms. The van der Waals surface area contributed by atoms with E-state index in [2.05, 4.69) is 4.98 Å². The second-order valence-corrected chi connectivity index (χ2v) is 7.07. The number of benzene rings is 2. The maximum absolute atomic E-state index is 10.9. The zero-order valence-electron chi connectivity index (χ0n) is 12.8. The van der Waals surface area contributed by atoms with E-state index in [0.29, 0.717) is 0 Å². The molecule has 1 N–H and O–H groups in total. The first-order valence-corrected chi connectivity index (χ1v) is 9.00. The lowest BCUT2D eigenvalue weighted by Crippen LogP contribution is -1.98. The number of carboxylic acids is 1. The van der Waals surface area contributed by atoms with E-state index in [1.165, 1.54) is 35.2 Å². The fourth-order valence-electron chi connectivity index (χ4n) is 2.13. The molecule has 126 valence electrons. The van der Waals surface area contributed by atoms with Gasteiger partial charge in [-0.3, -0.25) is 14.9 Å². The highest BCUT2D eigenvalue weighted by atomic mass is 32.2. The Kier molecular flexibility index (Phi) is 5.11. The Balaban J connectivity index is 1.98. The molecule has 0 atom stereocenters. The molecule has 0 saturated carbocycles. The predicted molar refractivity (Wildman–Crippen MR) is 101 cm³/mol. The molecule has 25 heavy (non-hydrogen) atoms. The number of carboxylic acid groups (broad SMARTS) is 1. The Bertz CT molecular complexity index is 931. The van der Waals surface area contributed by atoms with Crippen molar-refractivity contribution >= 4 is 56.0 Å². The Morgan fingerprint density at radius 3 is 2.60 bits per heavy atom. The van der Waals surface area contributed by atoms with Gasteiger partial charge in [0.25, 0.3) is 5.69 Å². The third-order valence-electron chi connectivity index (χ3n) is 3.26. The standard InChI is InChI=1S/C17H12N2O4S2/c20-16(21)10-24-15(9-11-5-7-12(8-6-11)19(22)23)17-18-13-3-1-2-4-14(13)25-17/h1-9H,10H2,(H,20,21)/b15-9-. The van der Waals surface area contributed by atoms with Crippen LogP contribution in [0.5, 0.6) is 0 Å². The summed E-state index contributed by atoms with van der Waals surface area (Å²) in [6.45, 7) is 0. The maximum atomic E-state index is 10.9. The van der Waals surface area contributed by atoms with Gasteiger partial charge < -0.3 is 5.11 Å². The molecule has 0 saturated heterocycles. The summed E-state index contributed by atoms with van der Waals surface area (Å²) in [4.78, 5) is 26.5. The van der Waals surface area contributed by atoms with Crippen molar-refractivity contribution in [1.29, 1.82) is 0 Å². The second-order valence-electron chi connectivity index (χ2n) is 5.03. The minimum absolute atomic E-state index is 0.0110. The van der Waals surface area contributed by atoms with Crippen LogP contribution < -0.4 is 0 Å². The fourth-order valence-corrected chi connectivity index (χ4v) is 3.97. The molecule has 3 rings (SSSR count). The zero-order chi connectivity index (χ0) is 17.8. The van der Waals surface area contributed by atoms with E-state index >= 15 is 0 Å². The summed E-state index contributed by atoms with van der Waals surface area (Å²) in [5.41, 5.74) is 1.61. The number of nitrogens with zero attached hydrogens (tertiary/aromatic N) is 2. The minimum Gasteiger partial charge on any atom is -0.481 e. The number of hydrogen-bond donors (Lipinski definition) is 1. The van der Waals surface area contributed by atoms with Gasteiger partial charge in [-0.1, -0.05) is 12.1 Å². The van der Waals surface area contributed by atoms with Gasteiger partial charge in [0.2, 0.25) is 0 Å². The summed E-state index contributed by atoms with van der Waals surface area (Å²) in [5.74, 6) is -1.00. The summed E-state index contributed by atoms with van der Waals surface area (Å²) >= 11 is 2.66. The number of rotatable bonds is 6. The van der Waals surface area contributed by atoms with Crippen molar-refractivity contribution in [3.8, 4) is 0 Å². The number of fused-ring (bicyclic) bond motifs is 1. The van der Waals surface area contributed by atoms with Crippen molar-refractivity contribution < 1.29 is 14.8 Å². The molecule has 0 amide bonds. The second kappa shape index (κ2) is 7.45. The van der Waals surface area contributed by atoms with Crippen molar-refractivity contribution in [2.24, 2.45) is 0 Å². The molecule has 0 aliphatic rings. The van der Waals surface area contributed by atoms with E-state index in [1.807, 2.05) is 24.3 Å². The van der Waals surface area contributed by atoms with E-state index in [-0.39, 0.29) is 11.4 Å². The lowest BCUT2D eigenvalue weighted by Gasteiger charge is -2.03. The SMILES string of the molecule is O=C(O)CS/C(=C\c1ccc([N+](=O)[O-])cc1)c1nc2ccccc2s1. The normalized spacial score (nSPS) is 11.6. The van der Waals surface area contributed by atoms with Gasteiger partial charge in [-0.25, -0.2) is 4.98 Å². The molecule has 0 aliphatic heterocycles. The van der Waals surface area contributed by atoms with Crippen LogP contribution in [0.25, 0.3) is 21.2 Å². The molecule has 0 bridgehead atoms. The Hall–Kier alpha value is -2.71. The van der Waals surface area contributed by atoms with Crippen LogP contribution in [0.3, 0.4) is 0 Å². The molecule has 0 radical (unpaired) electrons. The number of aromatic nitrogens is 1. The van der Waals surface area contributed by atoms with Gasteiger partial charge in [-0.15, -0.1) is 23.1 Å². The quantitative estimate of drug-likeness (QED) is 0.505. The van der Waals surface area contributed by atoms with E-state index in [9.17, 15) is 14.9 Å². The third-order valence-corrected chi connectivity index (χ3v) is 5.47. The molecule has 2 aromatic carbocycles. The number of nitro benzene ring substituents is 1. The highest BCUT2D eigenvalue weighted by Crippen LogP contribution is 2.35.